The molecule has 4 aromatic rings. The summed E-state index contributed by atoms with van der Waals surface area (Å²) in [6.45, 7) is 4.41. The molecular formula is C23H22N4O3S3. The van der Waals surface area contributed by atoms with Gasteiger partial charge in [-0.15, -0.1) is 22.7 Å². The monoisotopic (exact) mass is 498 g/mol. The fourth-order valence-corrected chi connectivity index (χ4v) is 5.74. The topological polar surface area (TPSA) is 93.1 Å². The van der Waals surface area contributed by atoms with Crippen LogP contribution >= 0.6 is 34.4 Å². The van der Waals surface area contributed by atoms with Gasteiger partial charge in [0.05, 0.1) is 16.8 Å². The molecule has 1 aromatic carbocycles. The quantitative estimate of drug-likeness (QED) is 0.283. The lowest BCUT2D eigenvalue weighted by atomic mass is 10.2. The predicted octanol–water partition coefficient (Wildman–Crippen LogP) is 4.75. The van der Waals surface area contributed by atoms with Gasteiger partial charge in [-0.3, -0.25) is 19.5 Å². The Balaban J connectivity index is 1.66. The minimum absolute atomic E-state index is 0.0525. The number of nitrogens with zero attached hydrogens (tertiary/aromatic N) is 2. The van der Waals surface area contributed by atoms with E-state index in [1.165, 1.54) is 15.9 Å². The molecule has 0 aliphatic rings. The molecule has 2 N–H and O–H groups in total. The minimum atomic E-state index is -0.531. The highest BCUT2D eigenvalue weighted by molar-refractivity contribution is 7.99. The summed E-state index contributed by atoms with van der Waals surface area (Å²) >= 11 is 4.09. The number of thiophene rings is 2. The fraction of sp³-hybridized carbons (Fsp3) is 0.217. The molecule has 0 aliphatic heterocycles. The van der Waals surface area contributed by atoms with Gasteiger partial charge in [0, 0.05) is 22.4 Å². The second-order valence-corrected chi connectivity index (χ2v) is 10.4. The number of hydrogen-bond acceptors (Lipinski definition) is 7. The second-order valence-electron chi connectivity index (χ2n) is 7.62. The molecule has 0 spiro atoms. The van der Waals surface area contributed by atoms with Crippen LogP contribution in [0.5, 0.6) is 0 Å². The van der Waals surface area contributed by atoms with E-state index in [4.69, 9.17) is 4.98 Å². The van der Waals surface area contributed by atoms with Crippen molar-refractivity contribution < 1.29 is 9.59 Å². The zero-order valence-electron chi connectivity index (χ0n) is 18.0. The van der Waals surface area contributed by atoms with Crippen LogP contribution in [0.1, 0.15) is 13.8 Å². The van der Waals surface area contributed by atoms with Gasteiger partial charge in [0.1, 0.15) is 4.83 Å². The van der Waals surface area contributed by atoms with E-state index in [2.05, 4.69) is 10.6 Å². The van der Waals surface area contributed by atoms with E-state index < -0.39 is 11.9 Å². The number of benzene rings is 1. The number of hydrogen-bond donors (Lipinski definition) is 2. The van der Waals surface area contributed by atoms with Crippen molar-refractivity contribution in [3.05, 3.63) is 63.6 Å². The number of fused-ring (bicyclic) bond motifs is 1. The summed E-state index contributed by atoms with van der Waals surface area (Å²) in [7, 11) is 0. The molecule has 0 unspecified atom stereocenters. The molecule has 0 atom stereocenters. The molecule has 0 bridgehead atoms. The molecule has 170 valence electrons. The minimum Gasteiger partial charge on any atom is -0.338 e. The van der Waals surface area contributed by atoms with Crippen LogP contribution in [0.25, 0.3) is 26.3 Å². The van der Waals surface area contributed by atoms with Crippen molar-refractivity contribution in [2.24, 2.45) is 5.92 Å². The van der Waals surface area contributed by atoms with E-state index in [1.807, 2.05) is 67.1 Å². The number of rotatable bonds is 7. The van der Waals surface area contributed by atoms with Crippen LogP contribution in [-0.2, 0) is 4.79 Å². The molecule has 3 aromatic heterocycles. The summed E-state index contributed by atoms with van der Waals surface area (Å²) < 4.78 is 1.53. The van der Waals surface area contributed by atoms with Crippen LogP contribution in [0.3, 0.4) is 0 Å². The third kappa shape index (κ3) is 5.35. The molecule has 3 amide bonds. The van der Waals surface area contributed by atoms with Crippen molar-refractivity contribution in [3.8, 4) is 16.1 Å². The Bertz CT molecular complexity index is 1330. The smallest absolute Gasteiger partial charge is 0.321 e. The zero-order chi connectivity index (χ0) is 23.4. The van der Waals surface area contributed by atoms with Gasteiger partial charge in [0.15, 0.2) is 5.16 Å². The van der Waals surface area contributed by atoms with E-state index in [1.54, 1.807) is 11.3 Å². The molecule has 0 aliphatic carbocycles. The highest BCUT2D eigenvalue weighted by Crippen LogP contribution is 2.35. The molecular weight excluding hydrogens is 476 g/mol. The average molecular weight is 499 g/mol. The summed E-state index contributed by atoms with van der Waals surface area (Å²) in [6.07, 6.45) is 0. The van der Waals surface area contributed by atoms with E-state index in [9.17, 15) is 14.4 Å². The highest BCUT2D eigenvalue weighted by Gasteiger charge is 2.20. The van der Waals surface area contributed by atoms with E-state index >= 15 is 0 Å². The Morgan fingerprint density at radius 1 is 1.12 bits per heavy atom. The fourth-order valence-electron chi connectivity index (χ4n) is 3.12. The zero-order valence-corrected chi connectivity index (χ0v) is 20.5. The first-order chi connectivity index (χ1) is 15.9. The third-order valence-corrected chi connectivity index (χ3v) is 7.35. The lowest BCUT2D eigenvalue weighted by Gasteiger charge is -2.12. The van der Waals surface area contributed by atoms with Crippen LogP contribution < -0.4 is 16.2 Å². The second kappa shape index (κ2) is 10.3. The molecule has 0 saturated carbocycles. The van der Waals surface area contributed by atoms with Gasteiger partial charge in [-0.2, -0.15) is 0 Å². The van der Waals surface area contributed by atoms with Gasteiger partial charge in [0.25, 0.3) is 5.56 Å². The number of amides is 3. The summed E-state index contributed by atoms with van der Waals surface area (Å²) in [5, 5.41) is 9.85. The van der Waals surface area contributed by atoms with Crippen molar-refractivity contribution >= 4 is 56.6 Å². The lowest BCUT2D eigenvalue weighted by molar-refractivity contribution is -0.117. The van der Waals surface area contributed by atoms with E-state index in [0.717, 1.165) is 22.2 Å². The number of carbonyl (C=O) groups excluding carboxylic acids is 2. The Morgan fingerprint density at radius 2 is 1.91 bits per heavy atom. The van der Waals surface area contributed by atoms with Crippen LogP contribution in [0.15, 0.2) is 63.2 Å². The Labute approximate surface area is 202 Å². The number of carbonyl (C=O) groups is 2. The van der Waals surface area contributed by atoms with Crippen molar-refractivity contribution in [2.75, 3.05) is 12.3 Å². The highest BCUT2D eigenvalue weighted by atomic mass is 32.2. The maximum absolute atomic E-state index is 13.7. The number of imide groups is 1. The van der Waals surface area contributed by atoms with Gasteiger partial charge in [-0.1, -0.05) is 49.9 Å². The lowest BCUT2D eigenvalue weighted by Crippen LogP contribution is -2.41. The largest absolute Gasteiger partial charge is 0.338 e. The Hall–Kier alpha value is -2.95. The van der Waals surface area contributed by atoms with Crippen LogP contribution in [0.2, 0.25) is 0 Å². The first kappa shape index (κ1) is 23.2. The third-order valence-electron chi connectivity index (χ3n) is 4.63. The van der Waals surface area contributed by atoms with E-state index in [0.29, 0.717) is 27.6 Å². The normalized spacial score (nSPS) is 11.1. The number of urea groups is 1. The first-order valence-electron chi connectivity index (χ1n) is 10.3. The van der Waals surface area contributed by atoms with Gasteiger partial charge in [0.2, 0.25) is 5.91 Å². The summed E-state index contributed by atoms with van der Waals surface area (Å²) in [4.78, 5) is 44.2. The summed E-state index contributed by atoms with van der Waals surface area (Å²) in [5.41, 5.74) is 1.34. The standard InChI is InChI=1S/C23H22N4O3S3/c1-14(2)11-24-22(30)25-18(28)13-33-23-26-20-19(16(12-32-20)17-9-6-10-31-17)21(29)27(23)15-7-4-3-5-8-15/h3-10,12,14H,11,13H2,1-2H3,(H2,24,25,28,30). The van der Waals surface area contributed by atoms with Crippen molar-refractivity contribution in [3.63, 3.8) is 0 Å². The average Bonchev–Trinajstić information content (AvgIpc) is 3.47. The molecule has 3 heterocycles. The van der Waals surface area contributed by atoms with Gasteiger partial charge < -0.3 is 5.32 Å². The summed E-state index contributed by atoms with van der Waals surface area (Å²) in [6, 6.07) is 12.6. The van der Waals surface area contributed by atoms with E-state index in [-0.39, 0.29) is 17.2 Å². The van der Waals surface area contributed by atoms with Crippen molar-refractivity contribution in [1.29, 1.82) is 0 Å². The van der Waals surface area contributed by atoms with Crippen LogP contribution in [0, 0.1) is 5.92 Å². The molecule has 0 fully saturated rings. The van der Waals surface area contributed by atoms with Crippen molar-refractivity contribution in [2.45, 2.75) is 19.0 Å². The van der Waals surface area contributed by atoms with Crippen molar-refractivity contribution in [1.82, 2.24) is 20.2 Å². The van der Waals surface area contributed by atoms with Crippen LogP contribution in [-0.4, -0.2) is 33.8 Å². The molecule has 0 radical (unpaired) electrons. The maximum atomic E-state index is 13.7. The molecule has 33 heavy (non-hydrogen) atoms. The molecule has 10 heteroatoms. The van der Waals surface area contributed by atoms with Gasteiger partial charge >= 0.3 is 6.03 Å². The van der Waals surface area contributed by atoms with Gasteiger partial charge in [-0.05, 0) is 29.5 Å². The van der Waals surface area contributed by atoms with Gasteiger partial charge in [-0.25, -0.2) is 9.78 Å². The Kier molecular flexibility index (Phi) is 7.26. The van der Waals surface area contributed by atoms with Crippen LogP contribution in [0.4, 0.5) is 4.79 Å². The maximum Gasteiger partial charge on any atom is 0.321 e. The number of aromatic nitrogens is 2. The molecule has 0 saturated heterocycles. The summed E-state index contributed by atoms with van der Waals surface area (Å²) in [5.74, 6) is -0.231. The Morgan fingerprint density at radius 3 is 2.61 bits per heavy atom. The predicted molar refractivity (Wildman–Crippen MR) is 136 cm³/mol. The number of nitrogens with one attached hydrogen (secondary N) is 2. The first-order valence-corrected chi connectivity index (χ1v) is 13.0. The molecule has 7 nitrogen and oxygen atoms in total. The molecule has 4 rings (SSSR count). The number of thioether (sulfide) groups is 1. The number of para-hydroxylation sites is 1. The SMILES string of the molecule is CC(C)CNC(=O)NC(=O)CSc1nc2scc(-c3cccs3)c2c(=O)n1-c1ccccc1.